The Morgan fingerprint density at radius 3 is 2.77 bits per heavy atom. The van der Waals surface area contributed by atoms with Crippen molar-refractivity contribution < 1.29 is 4.79 Å². The summed E-state index contributed by atoms with van der Waals surface area (Å²) in [6.07, 6.45) is 1.06. The fourth-order valence-electron chi connectivity index (χ4n) is 2.69. The quantitative estimate of drug-likeness (QED) is 0.900. The summed E-state index contributed by atoms with van der Waals surface area (Å²) in [5, 5.41) is 3.53. The third kappa shape index (κ3) is 3.46. The minimum absolute atomic E-state index is 0.189. The summed E-state index contributed by atoms with van der Waals surface area (Å²) in [5.41, 5.74) is 3.19. The number of fused-ring (bicyclic) bond motifs is 1. The van der Waals surface area contributed by atoms with Crippen molar-refractivity contribution in [2.45, 2.75) is 13.0 Å². The number of rotatable bonds is 4. The molecular weight excluding hydrogens is 321 g/mol. The van der Waals surface area contributed by atoms with E-state index in [0.29, 0.717) is 22.4 Å². The first-order chi connectivity index (χ1) is 10.6. The second-order valence-corrected chi connectivity index (χ2v) is 6.18. The topological polar surface area (TPSA) is 48.1 Å². The molecule has 4 nitrogen and oxygen atoms in total. The van der Waals surface area contributed by atoms with Crippen LogP contribution in [0.1, 0.15) is 21.6 Å². The van der Waals surface area contributed by atoms with Gasteiger partial charge in [-0.3, -0.25) is 9.69 Å². The minimum atomic E-state index is -0.189. The Balaban J connectivity index is 1.49. The molecule has 1 aromatic heterocycles. The van der Waals surface area contributed by atoms with Crippen LogP contribution in [0.2, 0.25) is 10.2 Å². The van der Waals surface area contributed by atoms with Crippen molar-refractivity contribution in [3.05, 3.63) is 57.3 Å². The van der Waals surface area contributed by atoms with Crippen molar-refractivity contribution >= 4 is 29.1 Å². The van der Waals surface area contributed by atoms with Crippen LogP contribution < -0.4 is 5.32 Å². The molecule has 0 saturated heterocycles. The van der Waals surface area contributed by atoms with Gasteiger partial charge in [-0.2, -0.15) is 0 Å². The van der Waals surface area contributed by atoms with Crippen molar-refractivity contribution in [2.24, 2.45) is 0 Å². The molecule has 0 spiro atoms. The average molecular weight is 338 g/mol. The maximum absolute atomic E-state index is 12.0. The normalized spacial score (nSPS) is 14.6. The predicted molar refractivity (Wildman–Crippen MR) is 88.6 cm³/mol. The highest BCUT2D eigenvalue weighted by Crippen LogP contribution is 2.21. The third-order valence-electron chi connectivity index (χ3n) is 3.89. The van der Waals surface area contributed by atoms with E-state index < -0.39 is 0 Å². The van der Waals surface area contributed by atoms with E-state index in [1.165, 1.54) is 17.2 Å². The van der Waals surface area contributed by atoms with Crippen LogP contribution in [0.25, 0.3) is 0 Å². The van der Waals surface area contributed by atoms with Gasteiger partial charge in [-0.05, 0) is 23.6 Å². The Labute approximate surface area is 139 Å². The lowest BCUT2D eigenvalue weighted by Crippen LogP contribution is -2.37. The molecule has 2 heterocycles. The van der Waals surface area contributed by atoms with Crippen molar-refractivity contribution in [1.29, 1.82) is 0 Å². The fraction of sp³-hybridized carbons (Fsp3) is 0.312. The first-order valence-corrected chi connectivity index (χ1v) is 8.00. The smallest absolute Gasteiger partial charge is 0.267 e. The number of nitrogens with zero attached hydrogens (tertiary/aromatic N) is 1. The second kappa shape index (κ2) is 6.73. The number of hydrogen-bond donors (Lipinski definition) is 2. The summed E-state index contributed by atoms with van der Waals surface area (Å²) in [7, 11) is 0. The highest BCUT2D eigenvalue weighted by molar-refractivity contribution is 6.41. The lowest BCUT2D eigenvalue weighted by molar-refractivity contribution is 0.0943. The van der Waals surface area contributed by atoms with Crippen LogP contribution in [0.15, 0.2) is 30.3 Å². The fourth-order valence-corrected chi connectivity index (χ4v) is 3.01. The summed E-state index contributed by atoms with van der Waals surface area (Å²) in [4.78, 5) is 17.1. The number of aromatic nitrogens is 1. The molecule has 0 aliphatic carbocycles. The molecule has 0 fully saturated rings. The summed E-state index contributed by atoms with van der Waals surface area (Å²) in [5.74, 6) is -0.189. The molecule has 6 heteroatoms. The third-order valence-corrected chi connectivity index (χ3v) is 4.59. The van der Waals surface area contributed by atoms with Gasteiger partial charge in [0.05, 0.1) is 5.02 Å². The highest BCUT2D eigenvalue weighted by atomic mass is 35.5. The Bertz CT molecular complexity index is 664. The van der Waals surface area contributed by atoms with Crippen LogP contribution in [0.3, 0.4) is 0 Å². The van der Waals surface area contributed by atoms with Gasteiger partial charge in [0, 0.05) is 26.2 Å². The predicted octanol–water partition coefficient (Wildman–Crippen LogP) is 3.11. The zero-order chi connectivity index (χ0) is 15.5. The minimum Gasteiger partial charge on any atom is -0.349 e. The zero-order valence-electron chi connectivity index (χ0n) is 12.0. The van der Waals surface area contributed by atoms with E-state index in [1.54, 1.807) is 0 Å². The molecule has 0 atom stereocenters. The highest BCUT2D eigenvalue weighted by Gasteiger charge is 2.16. The zero-order valence-corrected chi connectivity index (χ0v) is 13.5. The number of halogens is 2. The van der Waals surface area contributed by atoms with E-state index in [9.17, 15) is 4.79 Å². The van der Waals surface area contributed by atoms with E-state index in [2.05, 4.69) is 39.5 Å². The Morgan fingerprint density at radius 1 is 1.27 bits per heavy atom. The molecule has 0 bridgehead atoms. The van der Waals surface area contributed by atoms with Gasteiger partial charge in [-0.15, -0.1) is 0 Å². The van der Waals surface area contributed by atoms with Crippen LogP contribution in [0, 0.1) is 0 Å². The number of amides is 1. The van der Waals surface area contributed by atoms with E-state index in [0.717, 1.165) is 26.1 Å². The van der Waals surface area contributed by atoms with Crippen molar-refractivity contribution in [3.63, 3.8) is 0 Å². The van der Waals surface area contributed by atoms with Crippen LogP contribution in [-0.4, -0.2) is 35.4 Å². The Kier molecular flexibility index (Phi) is 4.71. The lowest BCUT2D eigenvalue weighted by Gasteiger charge is -2.28. The molecule has 1 aliphatic heterocycles. The molecule has 3 rings (SSSR count). The number of carbonyl (C=O) groups excluding carboxylic acids is 1. The summed E-state index contributed by atoms with van der Waals surface area (Å²) >= 11 is 11.6. The number of H-pyrrole nitrogens is 1. The first kappa shape index (κ1) is 15.4. The van der Waals surface area contributed by atoms with Crippen LogP contribution in [-0.2, 0) is 13.0 Å². The molecule has 0 unspecified atom stereocenters. The van der Waals surface area contributed by atoms with Gasteiger partial charge in [0.15, 0.2) is 0 Å². The largest absolute Gasteiger partial charge is 0.349 e. The van der Waals surface area contributed by atoms with Crippen molar-refractivity contribution in [3.8, 4) is 0 Å². The number of hydrogen-bond acceptors (Lipinski definition) is 2. The summed E-state index contributed by atoms with van der Waals surface area (Å²) in [6.45, 7) is 3.37. The molecule has 0 radical (unpaired) electrons. The number of benzene rings is 1. The molecular formula is C16H17Cl2N3O. The Morgan fingerprint density at radius 2 is 2.05 bits per heavy atom. The van der Waals surface area contributed by atoms with Crippen LogP contribution in [0.5, 0.6) is 0 Å². The average Bonchev–Trinajstić information content (AvgIpc) is 2.86. The van der Waals surface area contributed by atoms with E-state index in [1.807, 2.05) is 0 Å². The van der Waals surface area contributed by atoms with Gasteiger partial charge in [-0.1, -0.05) is 47.5 Å². The maximum atomic E-state index is 12.0. The van der Waals surface area contributed by atoms with Crippen molar-refractivity contribution in [2.75, 3.05) is 19.6 Å². The molecule has 22 heavy (non-hydrogen) atoms. The van der Waals surface area contributed by atoms with E-state index >= 15 is 0 Å². The van der Waals surface area contributed by atoms with Gasteiger partial charge in [0.2, 0.25) is 0 Å². The summed E-state index contributed by atoms with van der Waals surface area (Å²) < 4.78 is 0. The molecule has 2 N–H and O–H groups in total. The molecule has 1 aromatic carbocycles. The van der Waals surface area contributed by atoms with Gasteiger partial charge in [0.1, 0.15) is 10.8 Å². The van der Waals surface area contributed by atoms with Crippen molar-refractivity contribution in [1.82, 2.24) is 15.2 Å². The van der Waals surface area contributed by atoms with Crippen LogP contribution in [0.4, 0.5) is 0 Å². The van der Waals surface area contributed by atoms with Crippen LogP contribution >= 0.6 is 23.2 Å². The number of nitrogens with one attached hydrogen (secondary N) is 2. The van der Waals surface area contributed by atoms with E-state index in [-0.39, 0.29) is 5.91 Å². The maximum Gasteiger partial charge on any atom is 0.267 e. The standard InChI is InChI=1S/C16H17Cl2N3O/c17-13-9-14(20-15(13)18)16(22)19-6-8-21-7-5-11-3-1-2-4-12(11)10-21/h1-4,9,20H,5-8,10H2,(H,19,22). The second-order valence-electron chi connectivity index (χ2n) is 5.40. The SMILES string of the molecule is O=C(NCCN1CCc2ccccc2C1)c1cc(Cl)c(Cl)[nH]1. The first-order valence-electron chi connectivity index (χ1n) is 7.25. The molecule has 1 aliphatic rings. The molecule has 1 amide bonds. The van der Waals surface area contributed by atoms with Gasteiger partial charge < -0.3 is 10.3 Å². The van der Waals surface area contributed by atoms with Gasteiger partial charge in [-0.25, -0.2) is 0 Å². The molecule has 116 valence electrons. The summed E-state index contributed by atoms with van der Waals surface area (Å²) in [6, 6.07) is 10.1. The molecule has 0 saturated carbocycles. The van der Waals surface area contributed by atoms with Gasteiger partial charge in [0.25, 0.3) is 5.91 Å². The number of aromatic amines is 1. The molecule has 2 aromatic rings. The monoisotopic (exact) mass is 337 g/mol. The Hall–Kier alpha value is -1.49. The number of carbonyl (C=O) groups is 1. The van der Waals surface area contributed by atoms with E-state index in [4.69, 9.17) is 23.2 Å². The lowest BCUT2D eigenvalue weighted by atomic mass is 10.00. The van der Waals surface area contributed by atoms with Gasteiger partial charge >= 0.3 is 0 Å².